The molecule has 0 amide bonds. The first-order valence-corrected chi connectivity index (χ1v) is 28.6. The van der Waals surface area contributed by atoms with Crippen LogP contribution < -0.4 is 0 Å². The molecule has 4 fully saturated rings. The van der Waals surface area contributed by atoms with Crippen LogP contribution in [0, 0.1) is 29.6 Å². The fourth-order valence-electron chi connectivity index (χ4n) is 11.3. The standard InChI is InChI=1S/C57H98O20/c1-30(2)21-47(75-52-28-48(56(68)37(9)72-52)76-51-27-45(63)55(67)36(8)71-51)33(5)53(65)32(4)42(60)25-46-31(3)17-13-10-11-14-18-38(58)22-40(73-50-26-44(62)54(66)35(7)70-50)23-41-24-43(61)34(6)57(69,77-41)29-39(59)19-15-12-16-20-49(64)74-46/h10-11,13-14,17-18,30-48,50-56,58-63,65-69H,12,15-16,19-29H2,1-9H3/t31-,32-,33-,34+,35+,36+,37+,38+,39+,40+,41+,42+,43-,44+,45+,46+,47-,48+,50-,51-,52-,53+,54+,55+,56+,57-/m0/s1. The summed E-state index contributed by atoms with van der Waals surface area (Å²) < 4.78 is 49.1. The minimum Gasteiger partial charge on any atom is -0.462 e. The lowest BCUT2D eigenvalue weighted by atomic mass is 9.81. The summed E-state index contributed by atoms with van der Waals surface area (Å²) in [6.07, 6.45) is -5.90. The molecule has 2 bridgehead atoms. The Bertz CT molecular complexity index is 1800. The number of esters is 1. The van der Waals surface area contributed by atoms with Gasteiger partial charge in [-0.1, -0.05) is 90.8 Å². The van der Waals surface area contributed by atoms with E-state index in [-0.39, 0.29) is 70.1 Å². The van der Waals surface area contributed by atoms with E-state index in [9.17, 15) is 61.0 Å². The van der Waals surface area contributed by atoms with Crippen LogP contribution in [-0.4, -0.2) is 197 Å². The molecule has 5 aliphatic rings. The highest BCUT2D eigenvalue weighted by Crippen LogP contribution is 2.40. The normalized spacial score (nSPS) is 42.9. The summed E-state index contributed by atoms with van der Waals surface area (Å²) in [4.78, 5) is 13.5. The van der Waals surface area contributed by atoms with Gasteiger partial charge in [-0.2, -0.15) is 0 Å². The van der Waals surface area contributed by atoms with Crippen LogP contribution in [0.2, 0.25) is 0 Å². The third-order valence-corrected chi connectivity index (χ3v) is 16.5. The number of cyclic esters (lactones) is 1. The molecule has 11 N–H and O–H groups in total. The van der Waals surface area contributed by atoms with Crippen LogP contribution in [0.4, 0.5) is 0 Å². The van der Waals surface area contributed by atoms with Gasteiger partial charge in [-0.3, -0.25) is 4.79 Å². The summed E-state index contributed by atoms with van der Waals surface area (Å²) in [5.41, 5.74) is 0. The minimum atomic E-state index is -1.89. The maximum atomic E-state index is 13.5. The smallest absolute Gasteiger partial charge is 0.306 e. The van der Waals surface area contributed by atoms with Crippen molar-refractivity contribution in [3.05, 3.63) is 36.5 Å². The molecule has 0 aromatic heterocycles. The molecule has 0 unspecified atom stereocenters. The fourth-order valence-corrected chi connectivity index (χ4v) is 11.3. The molecule has 0 spiro atoms. The van der Waals surface area contributed by atoms with E-state index in [0.29, 0.717) is 25.7 Å². The second-order valence-corrected chi connectivity index (χ2v) is 23.6. The van der Waals surface area contributed by atoms with Gasteiger partial charge in [-0.15, -0.1) is 0 Å². The molecular weight excluding hydrogens is 1000 g/mol. The second-order valence-electron chi connectivity index (χ2n) is 23.6. The van der Waals surface area contributed by atoms with E-state index in [4.69, 9.17) is 37.9 Å². The minimum absolute atomic E-state index is 0.000183. The van der Waals surface area contributed by atoms with Gasteiger partial charge in [0.2, 0.25) is 0 Å². The second kappa shape index (κ2) is 30.9. The van der Waals surface area contributed by atoms with Gasteiger partial charge in [0.15, 0.2) is 24.7 Å². The predicted octanol–water partition coefficient (Wildman–Crippen LogP) is 3.33. The van der Waals surface area contributed by atoms with Crippen LogP contribution in [0.15, 0.2) is 36.5 Å². The molecule has 26 atom stereocenters. The molecule has 5 rings (SSSR count). The number of allylic oxidation sites excluding steroid dienone is 4. The van der Waals surface area contributed by atoms with Gasteiger partial charge < -0.3 is 94.1 Å². The fraction of sp³-hybridized carbons (Fsp3) is 0.877. The number of aliphatic hydroxyl groups is 11. The molecule has 5 heterocycles. The summed E-state index contributed by atoms with van der Waals surface area (Å²) in [5.74, 6) is -4.59. The van der Waals surface area contributed by atoms with Gasteiger partial charge in [0.05, 0.1) is 85.5 Å². The SMILES string of the molecule is CC(C)C[C@H](O[C@H]1C[C@@H](O[C@H]2C[C@@H](O)[C@H](O)[C@@H](C)O2)[C@H](O)[C@@H](C)O1)[C@H](C)[C@H](O)[C@@H](C)[C@H](O)C[C@H]1OC(=O)CCCCC[C@@H](O)C[C@]2(O)O[C@H](C[C@H](O[C@H]3C[C@@H](O)[C@H](O)[C@@H](C)O3)C[C@H](O)C=CC=CC=C[C@@H]1C)C[C@H](O)[C@H]2C. The Morgan fingerprint density at radius 1 is 0.662 bits per heavy atom. The first-order valence-electron chi connectivity index (χ1n) is 28.6. The van der Waals surface area contributed by atoms with E-state index in [0.717, 1.165) is 0 Å². The van der Waals surface area contributed by atoms with Crippen LogP contribution in [0.5, 0.6) is 0 Å². The first kappa shape index (κ1) is 65.8. The monoisotopic (exact) mass is 1100 g/mol. The van der Waals surface area contributed by atoms with Crippen LogP contribution >= 0.6 is 0 Å². The predicted molar refractivity (Wildman–Crippen MR) is 281 cm³/mol. The quantitative estimate of drug-likeness (QED) is 0.111. The maximum Gasteiger partial charge on any atom is 0.306 e. The van der Waals surface area contributed by atoms with Gasteiger partial charge in [-0.05, 0) is 46.0 Å². The number of hydrogen-bond acceptors (Lipinski definition) is 20. The van der Waals surface area contributed by atoms with Crippen molar-refractivity contribution >= 4 is 5.97 Å². The van der Waals surface area contributed by atoms with Crippen molar-refractivity contribution in [3.8, 4) is 0 Å². The van der Waals surface area contributed by atoms with Crippen molar-refractivity contribution in [1.29, 1.82) is 0 Å². The lowest BCUT2D eigenvalue weighted by molar-refractivity contribution is -0.318. The molecule has 77 heavy (non-hydrogen) atoms. The van der Waals surface area contributed by atoms with Crippen molar-refractivity contribution in [1.82, 2.24) is 0 Å². The molecule has 0 aliphatic carbocycles. The lowest BCUT2D eigenvalue weighted by Crippen LogP contribution is -2.55. The zero-order valence-electron chi connectivity index (χ0n) is 47.0. The number of carbonyl (C=O) groups is 1. The Labute approximate surface area is 456 Å². The maximum absolute atomic E-state index is 13.5. The Balaban J connectivity index is 1.27. The van der Waals surface area contributed by atoms with Crippen LogP contribution in [0.3, 0.4) is 0 Å². The summed E-state index contributed by atoms with van der Waals surface area (Å²) >= 11 is 0. The van der Waals surface area contributed by atoms with Gasteiger partial charge in [0.1, 0.15) is 24.4 Å². The van der Waals surface area contributed by atoms with Crippen LogP contribution in [0.1, 0.15) is 152 Å². The highest BCUT2D eigenvalue weighted by atomic mass is 16.7. The zero-order valence-corrected chi connectivity index (χ0v) is 47.0. The van der Waals surface area contributed by atoms with Crippen LogP contribution in [0.25, 0.3) is 0 Å². The Kier molecular flexibility index (Phi) is 26.4. The van der Waals surface area contributed by atoms with E-state index in [1.165, 1.54) is 0 Å². The Hall–Kier alpha value is -2.03. The van der Waals surface area contributed by atoms with E-state index < -0.39 is 164 Å². The number of rotatable bonds is 14. The third-order valence-electron chi connectivity index (χ3n) is 16.5. The summed E-state index contributed by atoms with van der Waals surface area (Å²) in [7, 11) is 0. The molecule has 20 nitrogen and oxygen atoms in total. The molecule has 0 aromatic rings. The first-order chi connectivity index (χ1) is 36.2. The molecule has 446 valence electrons. The molecule has 0 aromatic carbocycles. The molecule has 0 radical (unpaired) electrons. The van der Waals surface area contributed by atoms with Crippen molar-refractivity contribution in [2.45, 2.75) is 287 Å². The molecule has 5 aliphatic heterocycles. The van der Waals surface area contributed by atoms with Gasteiger partial charge >= 0.3 is 5.97 Å². The zero-order chi connectivity index (χ0) is 56.9. The van der Waals surface area contributed by atoms with Crippen molar-refractivity contribution in [2.75, 3.05) is 0 Å². The number of carbonyl (C=O) groups excluding carboxylic acids is 1. The summed E-state index contributed by atoms with van der Waals surface area (Å²) in [5, 5.41) is 121. The number of hydrogen-bond donors (Lipinski definition) is 11. The lowest BCUT2D eigenvalue weighted by Gasteiger charge is -2.46. The van der Waals surface area contributed by atoms with E-state index >= 15 is 0 Å². The molecule has 4 saturated heterocycles. The highest BCUT2D eigenvalue weighted by Gasteiger charge is 2.49. The number of fused-ring (bicyclic) bond motifs is 2. The van der Waals surface area contributed by atoms with Gasteiger partial charge in [-0.25, -0.2) is 0 Å². The molecule has 20 heteroatoms. The number of ether oxygens (including phenoxy) is 8. The third kappa shape index (κ3) is 19.8. The highest BCUT2D eigenvalue weighted by molar-refractivity contribution is 5.69. The molecular formula is C57H98O20. The number of aliphatic hydroxyl groups excluding tert-OH is 10. The van der Waals surface area contributed by atoms with Crippen molar-refractivity contribution in [3.63, 3.8) is 0 Å². The average Bonchev–Trinajstić information content (AvgIpc) is 3.34. The van der Waals surface area contributed by atoms with Gasteiger partial charge in [0.25, 0.3) is 0 Å². The van der Waals surface area contributed by atoms with E-state index in [1.807, 2.05) is 33.8 Å². The Morgan fingerprint density at radius 2 is 1.26 bits per heavy atom. The summed E-state index contributed by atoms with van der Waals surface area (Å²) in [6.45, 7) is 16.1. The average molecular weight is 1100 g/mol. The van der Waals surface area contributed by atoms with E-state index in [2.05, 4.69) is 0 Å². The van der Waals surface area contributed by atoms with Crippen molar-refractivity contribution in [2.24, 2.45) is 29.6 Å². The van der Waals surface area contributed by atoms with Crippen molar-refractivity contribution < 1.29 is 98.9 Å². The molecule has 0 saturated carbocycles. The van der Waals surface area contributed by atoms with E-state index in [1.54, 1.807) is 65.0 Å². The Morgan fingerprint density at radius 3 is 1.88 bits per heavy atom. The topological polar surface area (TPSA) is 313 Å². The van der Waals surface area contributed by atoms with Crippen LogP contribution in [-0.2, 0) is 42.7 Å². The largest absolute Gasteiger partial charge is 0.462 e. The van der Waals surface area contributed by atoms with Gasteiger partial charge in [0, 0.05) is 81.5 Å². The summed E-state index contributed by atoms with van der Waals surface area (Å²) in [6, 6.07) is 0.